The molecule has 0 saturated heterocycles. The van der Waals surface area contributed by atoms with Crippen LogP contribution in [0.25, 0.3) is 11.3 Å². The molecule has 3 rings (SSSR count). The summed E-state index contributed by atoms with van der Waals surface area (Å²) in [6.07, 6.45) is 6.83. The van der Waals surface area contributed by atoms with E-state index in [-0.39, 0.29) is 6.61 Å². The lowest BCUT2D eigenvalue weighted by molar-refractivity contribution is 0.370. The molecule has 0 spiro atoms. The highest BCUT2D eigenvalue weighted by atomic mass is 35.5. The zero-order chi connectivity index (χ0) is 17.5. The standard InChI is InChI=1S/C19H14ClN3OS/c1-2-10-24-18-9-8-14(11-16(18)20)12-21-23-19-22-17(13-25-19)15-6-4-3-5-7-15/h1,3-9,11-13H,10H2,(H,22,23). The van der Waals surface area contributed by atoms with Crippen molar-refractivity contribution in [3.05, 3.63) is 64.5 Å². The largest absolute Gasteiger partial charge is 0.479 e. The number of terminal acetylenes is 1. The van der Waals surface area contributed by atoms with Gasteiger partial charge in [-0.25, -0.2) is 4.98 Å². The van der Waals surface area contributed by atoms with E-state index >= 15 is 0 Å². The summed E-state index contributed by atoms with van der Waals surface area (Å²) in [6, 6.07) is 15.4. The fourth-order valence-electron chi connectivity index (χ4n) is 2.06. The summed E-state index contributed by atoms with van der Waals surface area (Å²) in [5.41, 5.74) is 5.76. The Kier molecular flexibility index (Phi) is 5.68. The molecule has 6 heteroatoms. The Labute approximate surface area is 155 Å². The lowest BCUT2D eigenvalue weighted by atomic mass is 10.2. The van der Waals surface area contributed by atoms with Crippen LogP contribution >= 0.6 is 22.9 Å². The molecule has 1 aromatic heterocycles. The van der Waals surface area contributed by atoms with Gasteiger partial charge < -0.3 is 4.74 Å². The van der Waals surface area contributed by atoms with Crippen LogP contribution in [0.2, 0.25) is 5.02 Å². The molecule has 0 radical (unpaired) electrons. The van der Waals surface area contributed by atoms with Crippen LogP contribution in [-0.4, -0.2) is 17.8 Å². The van der Waals surface area contributed by atoms with Crippen LogP contribution in [-0.2, 0) is 0 Å². The van der Waals surface area contributed by atoms with E-state index in [1.165, 1.54) is 11.3 Å². The van der Waals surface area contributed by atoms with Gasteiger partial charge in [0.1, 0.15) is 12.4 Å². The highest BCUT2D eigenvalue weighted by Gasteiger charge is 2.04. The van der Waals surface area contributed by atoms with Crippen molar-refractivity contribution >= 4 is 34.3 Å². The molecule has 0 unspecified atom stereocenters. The predicted octanol–water partition coefficient (Wildman–Crippen LogP) is 4.92. The van der Waals surface area contributed by atoms with Crippen LogP contribution in [0.4, 0.5) is 5.13 Å². The van der Waals surface area contributed by atoms with Crippen molar-refractivity contribution in [3.63, 3.8) is 0 Å². The molecule has 3 aromatic rings. The van der Waals surface area contributed by atoms with E-state index in [0.29, 0.717) is 10.8 Å². The molecule has 25 heavy (non-hydrogen) atoms. The molecule has 0 bridgehead atoms. The predicted molar refractivity (Wildman–Crippen MR) is 105 cm³/mol. The first kappa shape index (κ1) is 17.0. The van der Waals surface area contributed by atoms with Crippen LogP contribution in [0, 0.1) is 12.3 Å². The quantitative estimate of drug-likeness (QED) is 0.382. The fourth-order valence-corrected chi connectivity index (χ4v) is 2.97. The molecule has 0 amide bonds. The van der Waals surface area contributed by atoms with Crippen LogP contribution in [0.15, 0.2) is 59.0 Å². The van der Waals surface area contributed by atoms with Gasteiger partial charge >= 0.3 is 0 Å². The number of ether oxygens (including phenoxy) is 1. The first-order chi connectivity index (χ1) is 12.3. The van der Waals surface area contributed by atoms with E-state index < -0.39 is 0 Å². The first-order valence-electron chi connectivity index (χ1n) is 7.42. The van der Waals surface area contributed by atoms with Crippen molar-refractivity contribution in [2.45, 2.75) is 0 Å². The van der Waals surface area contributed by atoms with Crippen molar-refractivity contribution in [1.29, 1.82) is 0 Å². The van der Waals surface area contributed by atoms with Gasteiger partial charge in [0.25, 0.3) is 0 Å². The molecule has 0 fully saturated rings. The number of benzene rings is 2. The summed E-state index contributed by atoms with van der Waals surface area (Å²) >= 11 is 7.64. The van der Waals surface area contributed by atoms with Gasteiger partial charge in [0, 0.05) is 10.9 Å². The van der Waals surface area contributed by atoms with Gasteiger partial charge in [0.2, 0.25) is 5.13 Å². The molecule has 0 atom stereocenters. The maximum Gasteiger partial charge on any atom is 0.203 e. The third-order valence-corrected chi connectivity index (χ3v) is 4.26. The average molecular weight is 368 g/mol. The first-order valence-corrected chi connectivity index (χ1v) is 8.68. The van der Waals surface area contributed by atoms with E-state index in [1.54, 1.807) is 18.3 Å². The molecule has 1 heterocycles. The van der Waals surface area contributed by atoms with Crippen molar-refractivity contribution in [1.82, 2.24) is 4.98 Å². The lowest BCUT2D eigenvalue weighted by Gasteiger charge is -2.05. The molecule has 0 aliphatic rings. The van der Waals surface area contributed by atoms with Crippen LogP contribution in [0.1, 0.15) is 5.56 Å². The molecule has 124 valence electrons. The van der Waals surface area contributed by atoms with Crippen molar-refractivity contribution in [2.24, 2.45) is 5.10 Å². The highest BCUT2D eigenvalue weighted by molar-refractivity contribution is 7.14. The number of halogens is 1. The van der Waals surface area contributed by atoms with E-state index in [9.17, 15) is 0 Å². The number of nitrogens with one attached hydrogen (secondary N) is 1. The van der Waals surface area contributed by atoms with Gasteiger partial charge in [-0.2, -0.15) is 5.10 Å². The summed E-state index contributed by atoms with van der Waals surface area (Å²) in [7, 11) is 0. The molecule has 1 N–H and O–H groups in total. The summed E-state index contributed by atoms with van der Waals surface area (Å²) in [4.78, 5) is 4.51. The van der Waals surface area contributed by atoms with Gasteiger partial charge in [-0.05, 0) is 23.8 Å². The number of hydrogen-bond donors (Lipinski definition) is 1. The van der Waals surface area contributed by atoms with E-state index in [2.05, 4.69) is 21.4 Å². The van der Waals surface area contributed by atoms with E-state index in [1.807, 2.05) is 41.8 Å². The van der Waals surface area contributed by atoms with Crippen molar-refractivity contribution in [3.8, 4) is 29.4 Å². The fraction of sp³-hybridized carbons (Fsp3) is 0.0526. The summed E-state index contributed by atoms with van der Waals surface area (Å²) in [5, 5.41) is 7.38. The zero-order valence-electron chi connectivity index (χ0n) is 13.1. The summed E-state index contributed by atoms with van der Waals surface area (Å²) in [6.45, 7) is 0.183. The minimum atomic E-state index is 0.183. The monoisotopic (exact) mass is 367 g/mol. The van der Waals surface area contributed by atoms with Gasteiger partial charge in [-0.3, -0.25) is 5.43 Å². The Morgan fingerprint density at radius 1 is 1.28 bits per heavy atom. The molecular weight excluding hydrogens is 354 g/mol. The van der Waals surface area contributed by atoms with Crippen molar-refractivity contribution in [2.75, 3.05) is 12.0 Å². The Morgan fingerprint density at radius 2 is 2.12 bits per heavy atom. The number of rotatable bonds is 6. The number of aromatic nitrogens is 1. The topological polar surface area (TPSA) is 46.5 Å². The number of nitrogens with zero attached hydrogens (tertiary/aromatic N) is 2. The Balaban J connectivity index is 1.63. The second kappa shape index (κ2) is 8.34. The molecular formula is C19H14ClN3OS. The van der Waals surface area contributed by atoms with Crippen molar-refractivity contribution < 1.29 is 4.74 Å². The van der Waals surface area contributed by atoms with E-state index in [0.717, 1.165) is 22.0 Å². The molecule has 2 aromatic carbocycles. The Morgan fingerprint density at radius 3 is 2.88 bits per heavy atom. The molecule has 4 nitrogen and oxygen atoms in total. The number of hydrazone groups is 1. The maximum atomic E-state index is 6.15. The number of thiazole rings is 1. The minimum absolute atomic E-state index is 0.183. The van der Waals surface area contributed by atoms with Crippen LogP contribution in [0.3, 0.4) is 0 Å². The second-order valence-electron chi connectivity index (χ2n) is 4.96. The molecule has 0 aliphatic carbocycles. The minimum Gasteiger partial charge on any atom is -0.479 e. The maximum absolute atomic E-state index is 6.15. The van der Waals surface area contributed by atoms with Gasteiger partial charge in [0.15, 0.2) is 0 Å². The van der Waals surface area contributed by atoms with E-state index in [4.69, 9.17) is 22.8 Å². The number of hydrogen-bond acceptors (Lipinski definition) is 5. The number of anilines is 1. The zero-order valence-corrected chi connectivity index (χ0v) is 14.7. The lowest BCUT2D eigenvalue weighted by Crippen LogP contribution is -1.95. The van der Waals surface area contributed by atoms with Gasteiger partial charge in [-0.15, -0.1) is 17.8 Å². The van der Waals surface area contributed by atoms with Crippen LogP contribution in [0.5, 0.6) is 5.75 Å². The van der Waals surface area contributed by atoms with Gasteiger partial charge in [0.05, 0.1) is 16.9 Å². The Bertz CT molecular complexity index is 916. The third-order valence-electron chi connectivity index (χ3n) is 3.21. The third kappa shape index (κ3) is 4.60. The normalized spacial score (nSPS) is 10.6. The smallest absolute Gasteiger partial charge is 0.203 e. The summed E-state index contributed by atoms with van der Waals surface area (Å²) in [5.74, 6) is 2.95. The second-order valence-corrected chi connectivity index (χ2v) is 6.22. The summed E-state index contributed by atoms with van der Waals surface area (Å²) < 4.78 is 5.32. The highest BCUT2D eigenvalue weighted by Crippen LogP contribution is 2.26. The van der Waals surface area contributed by atoms with Gasteiger partial charge in [-0.1, -0.05) is 47.9 Å². The average Bonchev–Trinajstić information content (AvgIpc) is 3.11. The molecule has 0 aliphatic heterocycles. The SMILES string of the molecule is C#CCOc1ccc(C=NNc2nc(-c3ccccc3)cs2)cc1Cl. The Hall–Kier alpha value is -2.81. The van der Waals surface area contributed by atoms with Crippen LogP contribution < -0.4 is 10.2 Å². The molecule has 0 saturated carbocycles.